The summed E-state index contributed by atoms with van der Waals surface area (Å²) < 4.78 is 0. The SMILES string of the molecule is CN(Cc1cscn1)C1(CN)CCCC(C(C)(C)C)CC1. The Morgan fingerprint density at radius 1 is 1.38 bits per heavy atom. The van der Waals surface area contributed by atoms with Crippen LogP contribution in [0.15, 0.2) is 10.9 Å². The molecular weight excluding hydrogens is 278 g/mol. The lowest BCUT2D eigenvalue weighted by atomic mass is 9.76. The van der Waals surface area contributed by atoms with Crippen molar-refractivity contribution in [3.8, 4) is 0 Å². The summed E-state index contributed by atoms with van der Waals surface area (Å²) in [4.78, 5) is 6.90. The molecule has 1 aromatic rings. The van der Waals surface area contributed by atoms with Gasteiger partial charge in [0.05, 0.1) is 11.2 Å². The molecule has 120 valence electrons. The minimum atomic E-state index is 0.156. The third-order valence-corrected chi connectivity index (χ3v) is 6.09. The van der Waals surface area contributed by atoms with Crippen molar-refractivity contribution in [2.75, 3.05) is 13.6 Å². The summed E-state index contributed by atoms with van der Waals surface area (Å²) >= 11 is 1.67. The molecule has 1 aromatic heterocycles. The summed E-state index contributed by atoms with van der Waals surface area (Å²) in [6, 6.07) is 0. The second kappa shape index (κ2) is 6.76. The van der Waals surface area contributed by atoms with Crippen LogP contribution in [0.3, 0.4) is 0 Å². The number of hydrogen-bond donors (Lipinski definition) is 1. The molecule has 0 amide bonds. The first kappa shape index (κ1) is 16.9. The van der Waals surface area contributed by atoms with E-state index >= 15 is 0 Å². The van der Waals surface area contributed by atoms with E-state index in [0.29, 0.717) is 5.41 Å². The number of rotatable bonds is 4. The van der Waals surface area contributed by atoms with Crippen molar-refractivity contribution in [3.63, 3.8) is 0 Å². The molecule has 2 atom stereocenters. The monoisotopic (exact) mass is 309 g/mol. The summed E-state index contributed by atoms with van der Waals surface area (Å²) in [5.41, 5.74) is 9.89. The van der Waals surface area contributed by atoms with Crippen molar-refractivity contribution in [3.05, 3.63) is 16.6 Å². The minimum Gasteiger partial charge on any atom is -0.329 e. The maximum atomic E-state index is 6.23. The van der Waals surface area contributed by atoms with Gasteiger partial charge in [0.15, 0.2) is 0 Å². The first-order valence-corrected chi connectivity index (χ1v) is 9.10. The quantitative estimate of drug-likeness (QED) is 0.858. The maximum absolute atomic E-state index is 6.23. The molecule has 0 bridgehead atoms. The van der Waals surface area contributed by atoms with Crippen LogP contribution in [0.5, 0.6) is 0 Å². The molecule has 2 unspecified atom stereocenters. The second-order valence-electron chi connectivity index (χ2n) is 7.76. The largest absolute Gasteiger partial charge is 0.329 e. The van der Waals surface area contributed by atoms with Crippen molar-refractivity contribution < 1.29 is 0 Å². The molecule has 0 aliphatic heterocycles. The summed E-state index contributed by atoms with van der Waals surface area (Å²) in [7, 11) is 2.23. The van der Waals surface area contributed by atoms with E-state index in [1.165, 1.54) is 37.8 Å². The lowest BCUT2D eigenvalue weighted by Gasteiger charge is -2.41. The Morgan fingerprint density at radius 2 is 2.14 bits per heavy atom. The van der Waals surface area contributed by atoms with Crippen molar-refractivity contribution in [1.29, 1.82) is 0 Å². The van der Waals surface area contributed by atoms with Crippen LogP contribution in [0.4, 0.5) is 0 Å². The Morgan fingerprint density at radius 3 is 2.71 bits per heavy atom. The molecule has 2 rings (SSSR count). The molecule has 0 aromatic carbocycles. The van der Waals surface area contributed by atoms with Gasteiger partial charge in [0.2, 0.25) is 0 Å². The Hall–Kier alpha value is -0.450. The van der Waals surface area contributed by atoms with Crippen LogP contribution in [0.1, 0.15) is 58.6 Å². The van der Waals surface area contributed by atoms with E-state index in [2.05, 4.69) is 43.1 Å². The number of nitrogens with two attached hydrogens (primary N) is 1. The molecule has 2 N–H and O–H groups in total. The fraction of sp³-hybridized carbons (Fsp3) is 0.824. The molecule has 0 radical (unpaired) electrons. The lowest BCUT2D eigenvalue weighted by molar-refractivity contribution is 0.0940. The Kier molecular flexibility index (Phi) is 5.44. The van der Waals surface area contributed by atoms with Crippen LogP contribution in [0.25, 0.3) is 0 Å². The highest BCUT2D eigenvalue weighted by Crippen LogP contribution is 2.41. The van der Waals surface area contributed by atoms with Gasteiger partial charge in [-0.15, -0.1) is 11.3 Å². The highest BCUT2D eigenvalue weighted by molar-refractivity contribution is 7.07. The van der Waals surface area contributed by atoms with Crippen LogP contribution in [-0.4, -0.2) is 29.0 Å². The predicted molar refractivity (Wildman–Crippen MR) is 91.4 cm³/mol. The van der Waals surface area contributed by atoms with E-state index in [1.807, 2.05) is 5.51 Å². The van der Waals surface area contributed by atoms with Crippen molar-refractivity contribution >= 4 is 11.3 Å². The summed E-state index contributed by atoms with van der Waals surface area (Å²) in [6.07, 6.45) is 6.36. The van der Waals surface area contributed by atoms with Crippen LogP contribution in [-0.2, 0) is 6.54 Å². The number of hydrogen-bond acceptors (Lipinski definition) is 4. The number of thiazole rings is 1. The van der Waals surface area contributed by atoms with Gasteiger partial charge in [-0.3, -0.25) is 4.90 Å². The van der Waals surface area contributed by atoms with Crippen molar-refractivity contribution in [1.82, 2.24) is 9.88 Å². The molecule has 21 heavy (non-hydrogen) atoms. The van der Waals surface area contributed by atoms with E-state index < -0.39 is 0 Å². The van der Waals surface area contributed by atoms with Gasteiger partial charge in [-0.1, -0.05) is 27.2 Å². The smallest absolute Gasteiger partial charge is 0.0795 e. The molecule has 0 spiro atoms. The molecule has 4 heteroatoms. The topological polar surface area (TPSA) is 42.2 Å². The third-order valence-electron chi connectivity index (χ3n) is 5.45. The first-order chi connectivity index (χ1) is 9.87. The zero-order valence-electron chi connectivity index (χ0n) is 14.1. The Balaban J connectivity index is 2.06. The highest BCUT2D eigenvalue weighted by atomic mass is 32.1. The second-order valence-corrected chi connectivity index (χ2v) is 8.48. The van der Waals surface area contributed by atoms with Gasteiger partial charge in [0.1, 0.15) is 0 Å². The van der Waals surface area contributed by atoms with Crippen LogP contribution >= 0.6 is 11.3 Å². The normalized spacial score (nSPS) is 27.8. The van der Waals surface area contributed by atoms with Gasteiger partial charge in [-0.05, 0) is 44.1 Å². The molecular formula is C17H31N3S. The average Bonchev–Trinajstić information content (AvgIpc) is 2.81. The van der Waals surface area contributed by atoms with Crippen LogP contribution < -0.4 is 5.73 Å². The standard InChI is InChI=1S/C17H31N3S/c1-16(2,3)14-6-5-8-17(12-18,9-7-14)20(4)10-15-11-21-13-19-15/h11,13-14H,5-10,12,18H2,1-4H3. The zero-order valence-corrected chi connectivity index (χ0v) is 14.9. The van der Waals surface area contributed by atoms with Gasteiger partial charge in [-0.25, -0.2) is 4.98 Å². The fourth-order valence-electron chi connectivity index (χ4n) is 3.72. The summed E-state index contributed by atoms with van der Waals surface area (Å²) in [6.45, 7) is 8.82. The van der Waals surface area contributed by atoms with Gasteiger partial charge in [0, 0.05) is 24.0 Å². The first-order valence-electron chi connectivity index (χ1n) is 8.16. The van der Waals surface area contributed by atoms with E-state index in [9.17, 15) is 0 Å². The maximum Gasteiger partial charge on any atom is 0.0795 e. The summed E-state index contributed by atoms with van der Waals surface area (Å²) in [5, 5.41) is 2.15. The predicted octanol–water partition coefficient (Wildman–Crippen LogP) is 3.90. The molecule has 1 aliphatic carbocycles. The number of likely N-dealkylation sites (N-methyl/N-ethyl adjacent to an activating group) is 1. The third kappa shape index (κ3) is 4.05. The van der Waals surface area contributed by atoms with E-state index in [-0.39, 0.29) is 5.54 Å². The van der Waals surface area contributed by atoms with E-state index in [1.54, 1.807) is 11.3 Å². The number of nitrogens with zero attached hydrogens (tertiary/aromatic N) is 2. The highest BCUT2D eigenvalue weighted by Gasteiger charge is 2.38. The van der Waals surface area contributed by atoms with E-state index in [4.69, 9.17) is 5.73 Å². The molecule has 1 aliphatic rings. The minimum absolute atomic E-state index is 0.156. The van der Waals surface area contributed by atoms with Crippen LogP contribution in [0, 0.1) is 11.3 Å². The van der Waals surface area contributed by atoms with Crippen LogP contribution in [0.2, 0.25) is 0 Å². The van der Waals surface area contributed by atoms with Gasteiger partial charge in [-0.2, -0.15) is 0 Å². The average molecular weight is 310 g/mol. The lowest BCUT2D eigenvalue weighted by Crippen LogP contribution is -2.51. The molecule has 1 saturated carbocycles. The molecule has 1 fully saturated rings. The zero-order chi connectivity index (χ0) is 15.5. The van der Waals surface area contributed by atoms with Crippen molar-refractivity contribution in [2.24, 2.45) is 17.1 Å². The summed E-state index contributed by atoms with van der Waals surface area (Å²) in [5.74, 6) is 0.818. The molecule has 0 saturated heterocycles. The van der Waals surface area contributed by atoms with Gasteiger partial charge in [0.25, 0.3) is 0 Å². The fourth-order valence-corrected chi connectivity index (χ4v) is 4.27. The van der Waals surface area contributed by atoms with Gasteiger partial charge < -0.3 is 5.73 Å². The Bertz CT molecular complexity index is 424. The molecule has 1 heterocycles. The van der Waals surface area contributed by atoms with E-state index in [0.717, 1.165) is 19.0 Å². The number of aromatic nitrogens is 1. The Labute approximate surface area is 133 Å². The molecule has 3 nitrogen and oxygen atoms in total. The van der Waals surface area contributed by atoms with Gasteiger partial charge >= 0.3 is 0 Å². The van der Waals surface area contributed by atoms with Crippen molar-refractivity contribution in [2.45, 2.75) is 65.0 Å².